The topological polar surface area (TPSA) is 0 Å². The molecule has 0 nitrogen and oxygen atoms in total. The Bertz CT molecular complexity index is 2090. The zero-order valence-electron chi connectivity index (χ0n) is 42.9. The lowest BCUT2D eigenvalue weighted by Gasteiger charge is -2.67. The average Bonchev–Trinajstić information content (AvgIpc) is 3.56. The van der Waals surface area contributed by atoms with Gasteiger partial charge >= 0.3 is 0 Å². The Morgan fingerprint density at radius 3 is 2.18 bits per heavy atom. The van der Waals surface area contributed by atoms with Crippen LogP contribution in [-0.4, -0.2) is 0 Å². The second-order valence-electron chi connectivity index (χ2n) is 25.6. The van der Waals surface area contributed by atoms with Crippen LogP contribution >= 0.6 is 0 Å². The maximum Gasteiger partial charge on any atom is 0.0196 e. The molecule has 14 atom stereocenters. The highest BCUT2D eigenvalue weighted by molar-refractivity contribution is 5.88. The molecule has 8 rings (SSSR count). The van der Waals surface area contributed by atoms with Crippen LogP contribution in [0.3, 0.4) is 0 Å². The molecule has 0 aromatic heterocycles. The highest BCUT2D eigenvalue weighted by atomic mass is 14.7. The molecule has 0 aliphatic heterocycles. The van der Waals surface area contributed by atoms with E-state index in [9.17, 15) is 0 Å². The lowest BCUT2D eigenvalue weighted by atomic mass is 9.37. The van der Waals surface area contributed by atoms with Gasteiger partial charge in [-0.1, -0.05) is 149 Å². The van der Waals surface area contributed by atoms with Gasteiger partial charge in [-0.05, 0) is 225 Å². The fraction of sp³-hybridized carbons (Fsp3) is 0.710. The van der Waals surface area contributed by atoms with Crippen LogP contribution in [0.25, 0.3) is 5.57 Å². The van der Waals surface area contributed by atoms with Crippen molar-refractivity contribution in [1.82, 2.24) is 0 Å². The second-order valence-corrected chi connectivity index (χ2v) is 25.6. The molecule has 0 radical (unpaired) electrons. The van der Waals surface area contributed by atoms with E-state index in [2.05, 4.69) is 116 Å². The SMILES string of the molecule is C=C(Cc1ccc2c(c1C)C(=C)C1=C(C)[C@@]3(C)C(=C)C(C(=C)C)=C(C)C[C@@]3(C)[C@H](C)[C@@]1(C)[C@@H]2C)CC1CC[C@@]2(C)C(CCC3C2CC[C@@]2(C)C3CCC2[C@@H](C)CCCC(C)C)C1. The summed E-state index contributed by atoms with van der Waals surface area (Å²) in [6, 6.07) is 4.99. The Hall–Kier alpha value is -2.34. The van der Waals surface area contributed by atoms with E-state index in [1.807, 2.05) is 0 Å². The Labute approximate surface area is 383 Å². The number of allylic oxidation sites excluding steroid dienone is 8. The Balaban J connectivity index is 0.968. The maximum absolute atomic E-state index is 5.05. The predicted octanol–water partition coefficient (Wildman–Crippen LogP) is 18.2. The van der Waals surface area contributed by atoms with Crippen molar-refractivity contribution in [3.05, 3.63) is 99.7 Å². The van der Waals surface area contributed by atoms with Gasteiger partial charge in [0.1, 0.15) is 0 Å². The first-order valence-corrected chi connectivity index (χ1v) is 26.2. The summed E-state index contributed by atoms with van der Waals surface area (Å²) in [4.78, 5) is 0. The van der Waals surface area contributed by atoms with Crippen molar-refractivity contribution in [3.63, 3.8) is 0 Å². The third kappa shape index (κ3) is 6.51. The first-order chi connectivity index (χ1) is 29.0. The van der Waals surface area contributed by atoms with Crippen molar-refractivity contribution < 1.29 is 0 Å². The lowest BCUT2D eigenvalue weighted by molar-refractivity contribution is -0.121. The average molecular weight is 837 g/mol. The molecule has 340 valence electrons. The molecule has 0 bridgehead atoms. The van der Waals surface area contributed by atoms with Crippen LogP contribution in [0.1, 0.15) is 208 Å². The molecule has 4 saturated carbocycles. The van der Waals surface area contributed by atoms with E-state index in [1.165, 1.54) is 145 Å². The van der Waals surface area contributed by atoms with Crippen molar-refractivity contribution in [2.75, 3.05) is 0 Å². The number of fused-ring (bicyclic) bond motifs is 8. The highest BCUT2D eigenvalue weighted by Crippen LogP contribution is 2.75. The molecule has 0 N–H and O–H groups in total. The Kier molecular flexibility index (Phi) is 11.9. The largest absolute Gasteiger partial charge is 0.0995 e. The van der Waals surface area contributed by atoms with Crippen LogP contribution in [-0.2, 0) is 6.42 Å². The molecule has 0 heterocycles. The van der Waals surface area contributed by atoms with Crippen molar-refractivity contribution >= 4 is 5.57 Å². The highest BCUT2D eigenvalue weighted by Gasteiger charge is 2.65. The van der Waals surface area contributed by atoms with Crippen LogP contribution in [0.5, 0.6) is 0 Å². The minimum absolute atomic E-state index is 0.0157. The summed E-state index contributed by atoms with van der Waals surface area (Å²) in [7, 11) is 0. The number of hydrogen-bond acceptors (Lipinski definition) is 0. The molecule has 0 saturated heterocycles. The van der Waals surface area contributed by atoms with Crippen molar-refractivity contribution in [1.29, 1.82) is 0 Å². The van der Waals surface area contributed by atoms with Gasteiger partial charge in [-0.25, -0.2) is 0 Å². The molecule has 4 fully saturated rings. The van der Waals surface area contributed by atoms with Crippen LogP contribution in [0.4, 0.5) is 0 Å². The van der Waals surface area contributed by atoms with Crippen LogP contribution < -0.4 is 0 Å². The van der Waals surface area contributed by atoms with Gasteiger partial charge in [0.2, 0.25) is 0 Å². The summed E-state index contributed by atoms with van der Waals surface area (Å²) in [5, 5.41) is 0. The maximum atomic E-state index is 5.05. The lowest BCUT2D eigenvalue weighted by Crippen LogP contribution is -2.58. The standard InChI is InChI=1S/C62H92/c1-36(2)20-19-21-39(6)52-26-27-53-51-25-23-49-34-47(28-30-58(49,14)54(51)29-31-59(52,53)15)32-38(5)33-48-22-24-50-43(10)61(17)46(13)60(16)35-40(7)55(37(3)4)44(11)62(60,18)45(12)57(61)42(9)56(50)41(48)8/h22,24,36,39,43,46-47,49,51-54H,3,5,9,11,19-21,23,25-35H2,1-2,4,6-8,10,12-18H3/t39-,43+,46-,47?,49?,51?,52?,53?,54?,58-,59+,60-,61+,62+/m0/s1. The molecule has 0 spiro atoms. The van der Waals surface area contributed by atoms with Crippen LogP contribution in [0.2, 0.25) is 0 Å². The number of hydrogen-bond donors (Lipinski definition) is 0. The summed E-state index contributed by atoms with van der Waals surface area (Å²) in [5.41, 5.74) is 17.7. The Morgan fingerprint density at radius 2 is 1.50 bits per heavy atom. The summed E-state index contributed by atoms with van der Waals surface area (Å²) >= 11 is 0. The first-order valence-electron chi connectivity index (χ1n) is 26.2. The third-order valence-electron chi connectivity index (χ3n) is 22.6. The fourth-order valence-electron chi connectivity index (χ4n) is 18.7. The van der Waals surface area contributed by atoms with Gasteiger partial charge in [0.15, 0.2) is 0 Å². The van der Waals surface area contributed by atoms with E-state index in [0.717, 1.165) is 65.8 Å². The third-order valence-corrected chi connectivity index (χ3v) is 22.6. The van der Waals surface area contributed by atoms with Gasteiger partial charge in [0.25, 0.3) is 0 Å². The summed E-state index contributed by atoms with van der Waals surface area (Å²) in [6.07, 6.45) is 20.9. The smallest absolute Gasteiger partial charge is 0.0196 e. The van der Waals surface area contributed by atoms with E-state index in [0.29, 0.717) is 22.7 Å². The molecule has 1 aromatic rings. The Morgan fingerprint density at radius 1 is 0.823 bits per heavy atom. The molecular weight excluding hydrogens is 745 g/mol. The molecule has 0 amide bonds. The van der Waals surface area contributed by atoms with E-state index >= 15 is 0 Å². The van der Waals surface area contributed by atoms with Gasteiger partial charge < -0.3 is 0 Å². The monoisotopic (exact) mass is 837 g/mol. The van der Waals surface area contributed by atoms with Gasteiger partial charge in [-0.2, -0.15) is 0 Å². The zero-order valence-corrected chi connectivity index (χ0v) is 42.9. The normalized spacial score (nSPS) is 41.9. The molecule has 6 unspecified atom stereocenters. The molecule has 1 aromatic carbocycles. The van der Waals surface area contributed by atoms with Crippen molar-refractivity contribution in [3.8, 4) is 0 Å². The summed E-state index contributed by atoms with van der Waals surface area (Å²) < 4.78 is 0. The number of benzene rings is 1. The van der Waals surface area contributed by atoms with Gasteiger partial charge in [-0.15, -0.1) is 0 Å². The summed E-state index contributed by atoms with van der Waals surface area (Å²) in [5.74, 6) is 8.15. The first kappa shape index (κ1) is 46.2. The molecule has 7 aliphatic rings. The number of rotatable bonds is 10. The van der Waals surface area contributed by atoms with Crippen molar-refractivity contribution in [2.45, 2.75) is 199 Å². The molecular formula is C62H92. The second kappa shape index (κ2) is 15.9. The molecule has 62 heavy (non-hydrogen) atoms. The van der Waals surface area contributed by atoms with E-state index in [4.69, 9.17) is 19.7 Å². The minimum Gasteiger partial charge on any atom is -0.0995 e. The minimum atomic E-state index is -0.160. The van der Waals surface area contributed by atoms with Crippen LogP contribution in [0.15, 0.2) is 77.5 Å². The fourth-order valence-corrected chi connectivity index (χ4v) is 18.7. The summed E-state index contributed by atoms with van der Waals surface area (Å²) in [6.45, 7) is 54.3. The van der Waals surface area contributed by atoms with E-state index in [1.54, 1.807) is 0 Å². The van der Waals surface area contributed by atoms with Gasteiger partial charge in [-0.3, -0.25) is 0 Å². The van der Waals surface area contributed by atoms with Gasteiger partial charge in [0, 0.05) is 10.8 Å². The molecule has 7 aliphatic carbocycles. The van der Waals surface area contributed by atoms with Crippen LogP contribution in [0, 0.1) is 87.3 Å². The van der Waals surface area contributed by atoms with Gasteiger partial charge in [0.05, 0.1) is 0 Å². The predicted molar refractivity (Wildman–Crippen MR) is 270 cm³/mol. The van der Waals surface area contributed by atoms with Crippen molar-refractivity contribution in [2.24, 2.45) is 80.3 Å². The zero-order chi connectivity index (χ0) is 45.2. The quantitative estimate of drug-likeness (QED) is 0.206. The van der Waals surface area contributed by atoms with E-state index < -0.39 is 0 Å². The molecule has 0 heteroatoms. The van der Waals surface area contributed by atoms with E-state index in [-0.39, 0.29) is 16.2 Å².